The van der Waals surface area contributed by atoms with Gasteiger partial charge in [-0.05, 0) is 25.0 Å². The van der Waals surface area contributed by atoms with Crippen LogP contribution in [0.2, 0.25) is 0 Å². The van der Waals surface area contributed by atoms with Crippen molar-refractivity contribution < 1.29 is 19.4 Å². The van der Waals surface area contributed by atoms with E-state index in [1.54, 1.807) is 25.3 Å². The molecule has 2 bridgehead atoms. The summed E-state index contributed by atoms with van der Waals surface area (Å²) >= 11 is 0. The van der Waals surface area contributed by atoms with Crippen LogP contribution in [0, 0.1) is 11.8 Å². The number of nitrogens with zero attached hydrogens (tertiary/aromatic N) is 1. The summed E-state index contributed by atoms with van der Waals surface area (Å²) in [6, 6.07) is 5.21. The molecular weight excluding hydrogens is 296 g/mol. The fourth-order valence-corrected chi connectivity index (χ4v) is 3.62. The Kier molecular flexibility index (Phi) is 4.73. The minimum Gasteiger partial charge on any atom is -0.497 e. The molecule has 0 spiro atoms. The van der Waals surface area contributed by atoms with E-state index in [1.807, 2.05) is 4.90 Å². The Bertz CT molecular complexity index is 564. The topological polar surface area (TPSA) is 85.0 Å². The van der Waals surface area contributed by atoms with Gasteiger partial charge >= 0.3 is 0 Å². The van der Waals surface area contributed by atoms with Gasteiger partial charge in [-0.15, -0.1) is 0 Å². The van der Waals surface area contributed by atoms with Gasteiger partial charge in [0.15, 0.2) is 0 Å². The van der Waals surface area contributed by atoms with Crippen LogP contribution in [0.4, 0.5) is 0 Å². The molecule has 2 fully saturated rings. The number of hydrogen-bond donors (Lipinski definition) is 2. The second kappa shape index (κ2) is 6.76. The third-order valence-electron chi connectivity index (χ3n) is 4.87. The normalized spacial score (nSPS) is 26.2. The number of piperidine rings is 1. The average Bonchev–Trinajstić information content (AvgIpc) is 2.79. The number of carbonyl (C=O) groups excluding carboxylic acids is 1. The predicted octanol–water partition coefficient (Wildman–Crippen LogP) is 0.876. The summed E-state index contributed by atoms with van der Waals surface area (Å²) in [7, 11) is 1.58. The first kappa shape index (κ1) is 16.1. The molecule has 126 valence electrons. The smallest absolute Gasteiger partial charge is 0.257 e. The van der Waals surface area contributed by atoms with Gasteiger partial charge in [-0.1, -0.05) is 0 Å². The first-order valence-corrected chi connectivity index (χ1v) is 8.12. The van der Waals surface area contributed by atoms with Crippen molar-refractivity contribution in [2.75, 3.05) is 33.4 Å². The first-order chi connectivity index (χ1) is 11.1. The van der Waals surface area contributed by atoms with E-state index >= 15 is 0 Å². The summed E-state index contributed by atoms with van der Waals surface area (Å²) in [5.41, 5.74) is 6.02. The van der Waals surface area contributed by atoms with E-state index < -0.39 is 0 Å². The molecule has 1 saturated carbocycles. The number of benzene rings is 1. The van der Waals surface area contributed by atoms with E-state index in [2.05, 4.69) is 0 Å². The Hall–Kier alpha value is -1.79. The van der Waals surface area contributed by atoms with E-state index in [1.165, 1.54) is 0 Å². The van der Waals surface area contributed by atoms with Crippen molar-refractivity contribution >= 4 is 5.91 Å². The number of likely N-dealkylation sites (tertiary alicyclic amines) is 1. The van der Waals surface area contributed by atoms with Crippen LogP contribution in [-0.4, -0.2) is 55.4 Å². The molecular formula is C17H24N2O4. The molecule has 0 radical (unpaired) electrons. The summed E-state index contributed by atoms with van der Waals surface area (Å²) in [6.45, 7) is 1.94. The Labute approximate surface area is 136 Å². The third-order valence-corrected chi connectivity index (χ3v) is 4.87. The first-order valence-electron chi connectivity index (χ1n) is 8.12. The SMILES string of the molecule is COc1ccc(C(=O)N2C[C@H]3CC[C@@H](C2)C3O)c(OCCN)c1. The van der Waals surface area contributed by atoms with Crippen molar-refractivity contribution in [1.82, 2.24) is 4.90 Å². The molecule has 1 aliphatic carbocycles. The van der Waals surface area contributed by atoms with E-state index in [4.69, 9.17) is 15.2 Å². The lowest BCUT2D eigenvalue weighted by atomic mass is 9.94. The molecule has 23 heavy (non-hydrogen) atoms. The molecule has 1 saturated heterocycles. The van der Waals surface area contributed by atoms with Crippen molar-refractivity contribution in [1.29, 1.82) is 0 Å². The molecule has 1 amide bonds. The molecule has 2 aliphatic rings. The fraction of sp³-hybridized carbons (Fsp3) is 0.588. The predicted molar refractivity (Wildman–Crippen MR) is 85.7 cm³/mol. The molecule has 3 atom stereocenters. The van der Waals surface area contributed by atoms with Crippen molar-refractivity contribution in [3.63, 3.8) is 0 Å². The van der Waals surface area contributed by atoms with Crippen molar-refractivity contribution in [3.05, 3.63) is 23.8 Å². The second-order valence-corrected chi connectivity index (χ2v) is 6.30. The highest BCUT2D eigenvalue weighted by molar-refractivity contribution is 5.97. The number of ether oxygens (including phenoxy) is 2. The summed E-state index contributed by atoms with van der Waals surface area (Å²) in [4.78, 5) is 14.7. The number of methoxy groups -OCH3 is 1. The molecule has 0 aromatic heterocycles. The van der Waals surface area contributed by atoms with Crippen LogP contribution in [-0.2, 0) is 0 Å². The number of rotatable bonds is 5. The van der Waals surface area contributed by atoms with E-state index in [9.17, 15) is 9.90 Å². The number of fused-ring (bicyclic) bond motifs is 2. The van der Waals surface area contributed by atoms with E-state index in [0.29, 0.717) is 43.3 Å². The van der Waals surface area contributed by atoms with Crippen LogP contribution < -0.4 is 15.2 Å². The largest absolute Gasteiger partial charge is 0.497 e. The molecule has 1 unspecified atom stereocenters. The molecule has 1 aromatic carbocycles. The van der Waals surface area contributed by atoms with Crippen LogP contribution in [0.1, 0.15) is 23.2 Å². The second-order valence-electron chi connectivity index (χ2n) is 6.30. The van der Waals surface area contributed by atoms with Crippen molar-refractivity contribution in [2.45, 2.75) is 18.9 Å². The quantitative estimate of drug-likeness (QED) is 0.841. The summed E-state index contributed by atoms with van der Waals surface area (Å²) in [5.74, 6) is 1.48. The van der Waals surface area contributed by atoms with Gasteiger partial charge < -0.3 is 25.2 Å². The fourth-order valence-electron chi connectivity index (χ4n) is 3.62. The Morgan fingerprint density at radius 3 is 2.65 bits per heavy atom. The van der Waals surface area contributed by atoms with Crippen LogP contribution in [0.25, 0.3) is 0 Å². The standard InChI is InChI=1S/C17H24N2O4/c1-22-13-4-5-14(15(8-13)23-7-6-18)17(21)19-9-11-2-3-12(10-19)16(11)20/h4-5,8,11-12,16,20H,2-3,6-7,9-10,18H2,1H3/t11-,12+,16?. The highest BCUT2D eigenvalue weighted by Crippen LogP contribution is 2.38. The average molecular weight is 320 g/mol. The van der Waals surface area contributed by atoms with Crippen LogP contribution in [0.15, 0.2) is 18.2 Å². The maximum absolute atomic E-state index is 12.9. The highest BCUT2D eigenvalue weighted by atomic mass is 16.5. The Morgan fingerprint density at radius 2 is 2.04 bits per heavy atom. The van der Waals surface area contributed by atoms with Crippen molar-refractivity contribution in [3.8, 4) is 11.5 Å². The van der Waals surface area contributed by atoms with Gasteiger partial charge in [0.2, 0.25) is 0 Å². The van der Waals surface area contributed by atoms with Gasteiger partial charge in [0.05, 0.1) is 18.8 Å². The summed E-state index contributed by atoms with van der Waals surface area (Å²) in [6.07, 6.45) is 1.73. The zero-order valence-electron chi connectivity index (χ0n) is 13.4. The van der Waals surface area contributed by atoms with Gasteiger partial charge in [0.1, 0.15) is 18.1 Å². The highest BCUT2D eigenvalue weighted by Gasteiger charge is 2.42. The van der Waals surface area contributed by atoms with Gasteiger partial charge in [-0.3, -0.25) is 4.79 Å². The molecule has 1 aromatic rings. The number of hydrogen-bond acceptors (Lipinski definition) is 5. The maximum atomic E-state index is 12.9. The lowest BCUT2D eigenvalue weighted by Crippen LogP contribution is -2.47. The van der Waals surface area contributed by atoms with Gasteiger partial charge in [-0.25, -0.2) is 0 Å². The minimum absolute atomic E-state index is 0.0523. The minimum atomic E-state index is -0.261. The van der Waals surface area contributed by atoms with Gasteiger partial charge in [0, 0.05) is 37.5 Å². The summed E-state index contributed by atoms with van der Waals surface area (Å²) < 4.78 is 10.8. The van der Waals surface area contributed by atoms with Crippen LogP contribution in [0.3, 0.4) is 0 Å². The molecule has 6 nitrogen and oxygen atoms in total. The third kappa shape index (κ3) is 3.14. The number of nitrogens with two attached hydrogens (primary N) is 1. The van der Waals surface area contributed by atoms with Gasteiger partial charge in [-0.2, -0.15) is 0 Å². The van der Waals surface area contributed by atoms with E-state index in [0.717, 1.165) is 12.8 Å². The Morgan fingerprint density at radius 1 is 1.35 bits per heavy atom. The van der Waals surface area contributed by atoms with Gasteiger partial charge in [0.25, 0.3) is 5.91 Å². The number of aliphatic hydroxyl groups is 1. The molecule has 3 rings (SSSR count). The van der Waals surface area contributed by atoms with Crippen molar-refractivity contribution in [2.24, 2.45) is 17.6 Å². The zero-order valence-corrected chi connectivity index (χ0v) is 13.4. The Balaban J connectivity index is 1.81. The molecule has 3 N–H and O–H groups in total. The molecule has 1 heterocycles. The monoisotopic (exact) mass is 320 g/mol. The molecule has 1 aliphatic heterocycles. The number of aliphatic hydroxyl groups excluding tert-OH is 1. The lowest BCUT2D eigenvalue weighted by Gasteiger charge is -2.35. The lowest BCUT2D eigenvalue weighted by molar-refractivity contribution is 0.0165. The van der Waals surface area contributed by atoms with E-state index in [-0.39, 0.29) is 23.8 Å². The van der Waals surface area contributed by atoms with Crippen LogP contribution in [0.5, 0.6) is 11.5 Å². The number of carbonyl (C=O) groups is 1. The summed E-state index contributed by atoms with van der Waals surface area (Å²) in [5, 5.41) is 10.1. The zero-order chi connectivity index (χ0) is 16.4. The van der Waals surface area contributed by atoms with Crippen LogP contribution >= 0.6 is 0 Å². The molecule has 6 heteroatoms. The maximum Gasteiger partial charge on any atom is 0.257 e. The number of amides is 1.